The van der Waals surface area contributed by atoms with Crippen LogP contribution in [0.25, 0.3) is 33.0 Å². The highest BCUT2D eigenvalue weighted by molar-refractivity contribution is 7.99. The summed E-state index contributed by atoms with van der Waals surface area (Å²) >= 11 is 1.87. The van der Waals surface area contributed by atoms with Gasteiger partial charge in [0.15, 0.2) is 0 Å². The lowest BCUT2D eigenvalue weighted by Crippen LogP contribution is -2.34. The van der Waals surface area contributed by atoms with Crippen molar-refractivity contribution < 1.29 is 0 Å². The summed E-state index contributed by atoms with van der Waals surface area (Å²) in [5.74, 6) is 0. The smallest absolute Gasteiger partial charge is 0.0724 e. The van der Waals surface area contributed by atoms with Crippen molar-refractivity contribution in [3.63, 3.8) is 0 Å². The third-order valence-electron chi connectivity index (χ3n) is 15.1. The molecule has 0 radical (unpaired) electrons. The molecule has 0 spiro atoms. The van der Waals surface area contributed by atoms with Crippen LogP contribution in [-0.4, -0.2) is 0 Å². The SMILES string of the molecule is Cc1ccc(N(c2cccc(C3(c4ccccc4)c4ccccc4Sc4ccccc43)c2)c2cccc(C3(c4ccccc4)c4ccccc4-c4ccccc43)c2)cc1-c1cc2ccccc2cc1C. The molecule has 0 amide bonds. The minimum absolute atomic E-state index is 0.552. The summed E-state index contributed by atoms with van der Waals surface area (Å²) < 4.78 is 0. The largest absolute Gasteiger partial charge is 0.310 e. The predicted molar refractivity (Wildman–Crippen MR) is 293 cm³/mol. The van der Waals surface area contributed by atoms with E-state index in [0.717, 1.165) is 17.1 Å². The fourth-order valence-electron chi connectivity index (χ4n) is 12.1. The maximum Gasteiger partial charge on any atom is 0.0724 e. The molecule has 11 aromatic rings. The highest BCUT2D eigenvalue weighted by Crippen LogP contribution is 2.58. The number of anilines is 3. The quantitative estimate of drug-likeness (QED) is 0.149. The van der Waals surface area contributed by atoms with E-state index in [4.69, 9.17) is 0 Å². The predicted octanol–water partition coefficient (Wildman–Crippen LogP) is 17.8. The number of nitrogens with zero attached hydrogens (tertiary/aromatic N) is 1. The van der Waals surface area contributed by atoms with Crippen LogP contribution in [0.15, 0.2) is 271 Å². The molecule has 0 saturated carbocycles. The van der Waals surface area contributed by atoms with Gasteiger partial charge in [-0.15, -0.1) is 0 Å². The summed E-state index contributed by atoms with van der Waals surface area (Å²) in [5, 5.41) is 2.50. The second-order valence-corrected chi connectivity index (χ2v) is 20.0. The molecule has 0 saturated heterocycles. The number of rotatable bonds is 8. The van der Waals surface area contributed by atoms with Crippen LogP contribution in [0.4, 0.5) is 17.1 Å². The number of hydrogen-bond acceptors (Lipinski definition) is 2. The van der Waals surface area contributed by atoms with Gasteiger partial charge in [-0.1, -0.05) is 218 Å². The van der Waals surface area contributed by atoms with E-state index in [9.17, 15) is 0 Å². The Hall–Kier alpha value is -8.17. The molecule has 1 nitrogen and oxygen atoms in total. The van der Waals surface area contributed by atoms with Crippen molar-refractivity contribution in [3.8, 4) is 22.3 Å². The van der Waals surface area contributed by atoms with Crippen molar-refractivity contribution in [1.82, 2.24) is 0 Å². The Morgan fingerprint density at radius 3 is 1.26 bits per heavy atom. The van der Waals surface area contributed by atoms with E-state index in [0.29, 0.717) is 0 Å². The molecule has 2 aliphatic rings. The van der Waals surface area contributed by atoms with Crippen LogP contribution in [0.5, 0.6) is 0 Å². The summed E-state index contributed by atoms with van der Waals surface area (Å²) in [5.41, 5.74) is 19.8. The summed E-state index contributed by atoms with van der Waals surface area (Å²) in [6, 6.07) is 97.6. The van der Waals surface area contributed by atoms with Gasteiger partial charge in [-0.2, -0.15) is 0 Å². The number of fused-ring (bicyclic) bond motifs is 6. The van der Waals surface area contributed by atoms with Crippen LogP contribution in [0.2, 0.25) is 0 Å². The second-order valence-electron chi connectivity index (χ2n) is 18.9. The average molecular weight is 912 g/mol. The number of hydrogen-bond donors (Lipinski definition) is 0. The van der Waals surface area contributed by atoms with E-state index < -0.39 is 10.8 Å². The van der Waals surface area contributed by atoms with Gasteiger partial charge in [0.05, 0.1) is 10.8 Å². The first-order valence-corrected chi connectivity index (χ1v) is 25.1. The summed E-state index contributed by atoms with van der Waals surface area (Å²) in [6.45, 7) is 4.50. The van der Waals surface area contributed by atoms with Gasteiger partial charge >= 0.3 is 0 Å². The molecular formula is C68H49NS. The Kier molecular flexibility index (Phi) is 10.1. The first-order valence-electron chi connectivity index (χ1n) is 24.3. The van der Waals surface area contributed by atoms with E-state index in [2.05, 4.69) is 280 Å². The van der Waals surface area contributed by atoms with Crippen LogP contribution >= 0.6 is 11.8 Å². The zero-order valence-electron chi connectivity index (χ0n) is 39.2. The van der Waals surface area contributed by atoms with Crippen LogP contribution in [-0.2, 0) is 10.8 Å². The lowest BCUT2D eigenvalue weighted by Gasteiger charge is -2.42. The Balaban J connectivity index is 1.08. The van der Waals surface area contributed by atoms with Gasteiger partial charge in [0.2, 0.25) is 0 Å². The van der Waals surface area contributed by atoms with Crippen LogP contribution in [0.1, 0.15) is 55.6 Å². The second kappa shape index (κ2) is 16.8. The monoisotopic (exact) mass is 911 g/mol. The molecule has 0 N–H and O–H groups in total. The van der Waals surface area contributed by atoms with Crippen molar-refractivity contribution >= 4 is 39.6 Å². The first kappa shape index (κ1) is 42.0. The summed E-state index contributed by atoms with van der Waals surface area (Å²) in [4.78, 5) is 5.06. The molecule has 0 atom stereocenters. The maximum absolute atomic E-state index is 2.51. The third kappa shape index (κ3) is 6.40. The minimum Gasteiger partial charge on any atom is -0.310 e. The Morgan fingerprint density at radius 2 is 0.700 bits per heavy atom. The van der Waals surface area contributed by atoms with Gasteiger partial charge < -0.3 is 4.90 Å². The molecule has 2 heteroatoms. The highest BCUT2D eigenvalue weighted by atomic mass is 32.2. The zero-order valence-corrected chi connectivity index (χ0v) is 40.0. The third-order valence-corrected chi connectivity index (χ3v) is 16.3. The molecular weight excluding hydrogens is 863 g/mol. The zero-order chi connectivity index (χ0) is 46.8. The molecule has 0 aromatic heterocycles. The molecule has 0 unspecified atom stereocenters. The summed E-state index contributed by atoms with van der Waals surface area (Å²) in [7, 11) is 0. The number of benzene rings is 11. The summed E-state index contributed by atoms with van der Waals surface area (Å²) in [6.07, 6.45) is 0. The van der Waals surface area contributed by atoms with Crippen molar-refractivity contribution in [2.75, 3.05) is 4.90 Å². The fourth-order valence-corrected chi connectivity index (χ4v) is 13.3. The van der Waals surface area contributed by atoms with E-state index in [1.54, 1.807) is 0 Å². The van der Waals surface area contributed by atoms with Crippen molar-refractivity contribution in [3.05, 3.63) is 316 Å². The molecule has 0 fully saturated rings. The first-order chi connectivity index (χ1) is 34.5. The topological polar surface area (TPSA) is 3.24 Å². The lowest BCUT2D eigenvalue weighted by atomic mass is 9.64. The van der Waals surface area contributed by atoms with Gasteiger partial charge in [-0.25, -0.2) is 0 Å². The van der Waals surface area contributed by atoms with E-state index >= 15 is 0 Å². The highest BCUT2D eigenvalue weighted by Gasteiger charge is 2.47. The van der Waals surface area contributed by atoms with Gasteiger partial charge in [0.25, 0.3) is 0 Å². The van der Waals surface area contributed by atoms with Gasteiger partial charge in [0.1, 0.15) is 0 Å². The van der Waals surface area contributed by atoms with Crippen molar-refractivity contribution in [2.45, 2.75) is 34.5 Å². The lowest BCUT2D eigenvalue weighted by molar-refractivity contribution is 0.703. The minimum atomic E-state index is -0.585. The number of aryl methyl sites for hydroxylation is 2. The molecule has 1 aliphatic carbocycles. The van der Waals surface area contributed by atoms with E-state index in [1.165, 1.54) is 98.5 Å². The molecule has 0 bridgehead atoms. The van der Waals surface area contributed by atoms with Crippen LogP contribution in [0, 0.1) is 13.8 Å². The van der Waals surface area contributed by atoms with Crippen molar-refractivity contribution in [1.29, 1.82) is 0 Å². The van der Waals surface area contributed by atoms with E-state index in [-0.39, 0.29) is 0 Å². The van der Waals surface area contributed by atoms with E-state index in [1.807, 2.05) is 11.8 Å². The van der Waals surface area contributed by atoms with Crippen molar-refractivity contribution in [2.24, 2.45) is 0 Å². The normalized spacial score (nSPS) is 13.7. The van der Waals surface area contributed by atoms with Gasteiger partial charge in [0, 0.05) is 26.9 Å². The molecule has 332 valence electrons. The Bertz CT molecular complexity index is 3700. The standard InChI is InChI=1S/C68H49NS/c1-46-39-40-56(45-60(46)59-42-49-22-10-9-21-48(49)41-47(59)2)69(54-29-19-27-52(43-54)67(50-23-5-3-6-24-50)61-33-13-11-31-57(61)58-32-12-14-34-62(58)67)55-30-20-28-53(44-55)68(51-25-7-4-8-26-51)63-35-15-17-37-65(63)70-66-38-18-16-36-64(66)68/h3-45H,1-2H3. The maximum atomic E-state index is 2.51. The molecule has 13 rings (SSSR count). The van der Waals surface area contributed by atoms with Crippen LogP contribution < -0.4 is 4.90 Å². The molecule has 70 heavy (non-hydrogen) atoms. The molecule has 11 aromatic carbocycles. The fraction of sp³-hybridized carbons (Fsp3) is 0.0588. The molecule has 1 heterocycles. The Labute approximate surface area is 415 Å². The van der Waals surface area contributed by atoms with Gasteiger partial charge in [-0.05, 0) is 157 Å². The molecule has 1 aliphatic heterocycles. The Morgan fingerprint density at radius 1 is 0.286 bits per heavy atom. The van der Waals surface area contributed by atoms with Crippen LogP contribution in [0.3, 0.4) is 0 Å². The average Bonchev–Trinajstić information content (AvgIpc) is 3.72. The van der Waals surface area contributed by atoms with Gasteiger partial charge in [-0.3, -0.25) is 0 Å².